The van der Waals surface area contributed by atoms with Gasteiger partial charge in [0.2, 0.25) is 10.0 Å². The summed E-state index contributed by atoms with van der Waals surface area (Å²) in [5.41, 5.74) is 3.14. The maximum atomic E-state index is 13.0. The van der Waals surface area contributed by atoms with Gasteiger partial charge in [-0.1, -0.05) is 24.3 Å². The van der Waals surface area contributed by atoms with Gasteiger partial charge in [-0.2, -0.15) is 9.30 Å². The fraction of sp³-hybridized carbons (Fsp3) is 0.400. The number of methoxy groups -OCH3 is 1. The topological polar surface area (TPSA) is 98.0 Å². The van der Waals surface area contributed by atoms with Gasteiger partial charge in [0.25, 0.3) is 5.91 Å². The lowest BCUT2D eigenvalue weighted by Crippen LogP contribution is -2.37. The third kappa shape index (κ3) is 5.24. The Morgan fingerprint density at radius 3 is 2.40 bits per heavy atom. The first-order valence-corrected chi connectivity index (χ1v) is 13.7. The van der Waals surface area contributed by atoms with Gasteiger partial charge in [-0.3, -0.25) is 9.59 Å². The lowest BCUT2D eigenvalue weighted by atomic mass is 10.0. The third-order valence-electron chi connectivity index (χ3n) is 6.31. The van der Waals surface area contributed by atoms with Crippen molar-refractivity contribution in [2.75, 3.05) is 20.2 Å². The van der Waals surface area contributed by atoms with E-state index in [-0.39, 0.29) is 17.0 Å². The van der Waals surface area contributed by atoms with E-state index in [1.165, 1.54) is 47.0 Å². The molecule has 0 aliphatic carbocycles. The van der Waals surface area contributed by atoms with Gasteiger partial charge < -0.3 is 9.30 Å². The Balaban J connectivity index is 1.67. The van der Waals surface area contributed by atoms with E-state index in [9.17, 15) is 18.0 Å². The van der Waals surface area contributed by atoms with Gasteiger partial charge in [-0.25, -0.2) is 8.42 Å². The van der Waals surface area contributed by atoms with Gasteiger partial charge in [-0.15, -0.1) is 0 Å². The molecule has 2 aromatic carbocycles. The van der Waals surface area contributed by atoms with E-state index >= 15 is 0 Å². The van der Waals surface area contributed by atoms with E-state index in [1.54, 1.807) is 4.57 Å². The summed E-state index contributed by atoms with van der Waals surface area (Å²) in [7, 11) is -2.28. The van der Waals surface area contributed by atoms with Gasteiger partial charge in [0.15, 0.2) is 4.80 Å². The van der Waals surface area contributed by atoms with Crippen LogP contribution in [0.5, 0.6) is 0 Å². The van der Waals surface area contributed by atoms with Crippen molar-refractivity contribution >= 4 is 43.5 Å². The Hall–Kier alpha value is -2.82. The van der Waals surface area contributed by atoms with Crippen molar-refractivity contribution in [3.63, 3.8) is 0 Å². The number of fused-ring (bicyclic) bond motifs is 1. The number of aromatic nitrogens is 1. The molecule has 1 amide bonds. The highest BCUT2D eigenvalue weighted by atomic mass is 32.2. The molecule has 1 aliphatic rings. The molecule has 0 bridgehead atoms. The van der Waals surface area contributed by atoms with Crippen molar-refractivity contribution in [3.05, 3.63) is 57.9 Å². The van der Waals surface area contributed by atoms with Crippen molar-refractivity contribution in [2.45, 2.75) is 45.1 Å². The molecule has 1 saturated heterocycles. The van der Waals surface area contributed by atoms with Crippen LogP contribution in [-0.2, 0) is 26.1 Å². The van der Waals surface area contributed by atoms with Gasteiger partial charge in [0.05, 0.1) is 22.2 Å². The number of piperidine rings is 1. The molecular weight excluding hydrogens is 486 g/mol. The summed E-state index contributed by atoms with van der Waals surface area (Å²) in [4.78, 5) is 29.9. The quantitative estimate of drug-likeness (QED) is 0.483. The van der Waals surface area contributed by atoms with Crippen LogP contribution in [0.1, 0.15) is 41.3 Å². The van der Waals surface area contributed by atoms with Gasteiger partial charge >= 0.3 is 5.97 Å². The molecule has 2 heterocycles. The first-order valence-electron chi connectivity index (χ1n) is 11.5. The molecule has 0 radical (unpaired) electrons. The van der Waals surface area contributed by atoms with Crippen LogP contribution in [0.2, 0.25) is 0 Å². The summed E-state index contributed by atoms with van der Waals surface area (Å²) < 4.78 is 34.9. The Labute approximate surface area is 208 Å². The van der Waals surface area contributed by atoms with Crippen molar-refractivity contribution in [3.8, 4) is 0 Å². The number of thiazole rings is 1. The molecule has 0 unspecified atom stereocenters. The molecule has 0 spiro atoms. The number of carbonyl (C=O) groups excluding carboxylic acids is 2. The smallest absolute Gasteiger partial charge is 0.325 e. The predicted octanol–water partition coefficient (Wildman–Crippen LogP) is 3.65. The first kappa shape index (κ1) is 25.3. The number of sulfonamides is 1. The Morgan fingerprint density at radius 2 is 1.77 bits per heavy atom. The second kappa shape index (κ2) is 10.0. The van der Waals surface area contributed by atoms with Crippen LogP contribution in [0.3, 0.4) is 0 Å². The number of ether oxygens (including phenoxy) is 1. The zero-order chi connectivity index (χ0) is 25.3. The molecule has 1 aliphatic heterocycles. The van der Waals surface area contributed by atoms with Crippen LogP contribution in [0.15, 0.2) is 46.3 Å². The van der Waals surface area contributed by atoms with Crippen molar-refractivity contribution < 1.29 is 22.7 Å². The monoisotopic (exact) mass is 515 g/mol. The van der Waals surface area contributed by atoms with E-state index < -0.39 is 21.9 Å². The lowest BCUT2D eigenvalue weighted by Gasteiger charge is -2.29. The zero-order valence-electron chi connectivity index (χ0n) is 20.3. The molecular formula is C25H29N3O5S2. The second-order valence-electron chi connectivity index (χ2n) is 9.00. The molecule has 1 fully saturated rings. The van der Waals surface area contributed by atoms with E-state index in [4.69, 9.17) is 4.74 Å². The minimum Gasteiger partial charge on any atom is -0.468 e. The number of hydrogen-bond donors (Lipinski definition) is 0. The average Bonchev–Trinajstić information content (AvgIpc) is 3.15. The fourth-order valence-corrected chi connectivity index (χ4v) is 6.99. The molecule has 10 heteroatoms. The molecule has 0 saturated carbocycles. The van der Waals surface area contributed by atoms with Crippen LogP contribution < -0.4 is 4.80 Å². The Kier molecular flexibility index (Phi) is 7.25. The average molecular weight is 516 g/mol. The number of aryl methyl sites for hydroxylation is 2. The Bertz CT molecular complexity index is 1440. The third-order valence-corrected chi connectivity index (χ3v) is 9.24. The SMILES string of the molecule is COC(=O)Cn1c(=NC(=O)c2ccc(S(=O)(=O)N3CCC(C)CC3)cc2)sc2cc(C)cc(C)c21. The van der Waals surface area contributed by atoms with Crippen LogP contribution in [0.25, 0.3) is 10.2 Å². The summed E-state index contributed by atoms with van der Waals surface area (Å²) in [6, 6.07) is 9.88. The number of rotatable bonds is 5. The van der Waals surface area contributed by atoms with Crippen LogP contribution >= 0.6 is 11.3 Å². The molecule has 1 aromatic heterocycles. The minimum absolute atomic E-state index is 0.0713. The summed E-state index contributed by atoms with van der Waals surface area (Å²) in [6.07, 6.45) is 1.68. The molecule has 0 N–H and O–H groups in total. The van der Waals surface area contributed by atoms with Crippen molar-refractivity contribution in [2.24, 2.45) is 10.9 Å². The fourth-order valence-electron chi connectivity index (χ4n) is 4.31. The summed E-state index contributed by atoms with van der Waals surface area (Å²) >= 11 is 1.32. The number of esters is 1. The van der Waals surface area contributed by atoms with Crippen molar-refractivity contribution in [1.29, 1.82) is 0 Å². The van der Waals surface area contributed by atoms with E-state index in [1.807, 2.05) is 26.0 Å². The number of nitrogens with zero attached hydrogens (tertiary/aromatic N) is 3. The summed E-state index contributed by atoms with van der Waals surface area (Å²) in [6.45, 7) is 7.00. The molecule has 35 heavy (non-hydrogen) atoms. The zero-order valence-corrected chi connectivity index (χ0v) is 21.9. The standard InChI is InChI=1S/C25H29N3O5S2/c1-16-9-11-27(12-10-16)35(31,32)20-7-5-19(6-8-20)24(30)26-25-28(15-22(29)33-4)23-18(3)13-17(2)14-21(23)34-25/h5-8,13-14,16H,9-12,15H2,1-4H3. The highest BCUT2D eigenvalue weighted by molar-refractivity contribution is 7.89. The van der Waals surface area contributed by atoms with Gasteiger partial charge in [-0.05, 0) is 74.1 Å². The molecule has 186 valence electrons. The first-order chi connectivity index (χ1) is 16.6. The van der Waals surface area contributed by atoms with Crippen molar-refractivity contribution in [1.82, 2.24) is 8.87 Å². The largest absolute Gasteiger partial charge is 0.468 e. The number of carbonyl (C=O) groups is 2. The normalized spacial score (nSPS) is 16.1. The Morgan fingerprint density at radius 1 is 1.11 bits per heavy atom. The van der Waals surface area contributed by atoms with Crippen LogP contribution in [-0.4, -0.2) is 49.4 Å². The number of benzene rings is 2. The van der Waals surface area contributed by atoms with E-state index in [0.29, 0.717) is 23.8 Å². The van der Waals surface area contributed by atoms with Gasteiger partial charge in [0.1, 0.15) is 6.54 Å². The van der Waals surface area contributed by atoms with Crippen LogP contribution in [0, 0.1) is 19.8 Å². The number of hydrogen-bond acceptors (Lipinski definition) is 6. The maximum Gasteiger partial charge on any atom is 0.325 e. The van der Waals surface area contributed by atoms with Crippen LogP contribution in [0.4, 0.5) is 0 Å². The lowest BCUT2D eigenvalue weighted by molar-refractivity contribution is -0.141. The van der Waals surface area contributed by atoms with Gasteiger partial charge in [0, 0.05) is 18.7 Å². The highest BCUT2D eigenvalue weighted by Gasteiger charge is 2.28. The predicted molar refractivity (Wildman–Crippen MR) is 135 cm³/mol. The van der Waals surface area contributed by atoms with E-state index in [0.717, 1.165) is 34.2 Å². The summed E-state index contributed by atoms with van der Waals surface area (Å²) in [5, 5.41) is 0. The number of amides is 1. The maximum absolute atomic E-state index is 13.0. The highest BCUT2D eigenvalue weighted by Crippen LogP contribution is 2.25. The molecule has 3 aromatic rings. The van der Waals surface area contributed by atoms with E-state index in [2.05, 4.69) is 11.9 Å². The summed E-state index contributed by atoms with van der Waals surface area (Å²) in [5.74, 6) is -0.438. The minimum atomic E-state index is -3.60. The molecule has 0 atom stereocenters. The second-order valence-corrected chi connectivity index (χ2v) is 12.0. The molecule has 4 rings (SSSR count). The molecule has 8 nitrogen and oxygen atoms in total.